The first kappa shape index (κ1) is 14.3. The average Bonchev–Trinajstić information content (AvgIpc) is 2.29. The minimum Gasteiger partial charge on any atom is -0.313 e. The largest absolute Gasteiger partial charge is 0.313 e. The van der Waals surface area contributed by atoms with E-state index in [-0.39, 0.29) is 0 Å². The van der Waals surface area contributed by atoms with Crippen LogP contribution in [0.1, 0.15) is 18.9 Å². The van der Waals surface area contributed by atoms with E-state index in [2.05, 4.69) is 65.4 Å². The molecular formula is C13H20INS. The molecule has 0 aliphatic heterocycles. The molecule has 0 saturated carbocycles. The highest BCUT2D eigenvalue weighted by molar-refractivity contribution is 14.1. The van der Waals surface area contributed by atoms with E-state index in [4.69, 9.17) is 0 Å². The summed E-state index contributed by atoms with van der Waals surface area (Å²) in [5.41, 5.74) is 1.43. The Balaban J connectivity index is 2.49. The van der Waals surface area contributed by atoms with E-state index in [1.165, 1.54) is 21.3 Å². The SMILES string of the molecule is CCCNC(CSC)Cc1ccc(I)cc1. The number of benzene rings is 1. The number of hydrogen-bond acceptors (Lipinski definition) is 2. The Kier molecular flexibility index (Phi) is 7.49. The number of halogens is 1. The van der Waals surface area contributed by atoms with E-state index in [1.54, 1.807) is 0 Å². The highest BCUT2D eigenvalue weighted by atomic mass is 127. The Morgan fingerprint density at radius 2 is 2.00 bits per heavy atom. The van der Waals surface area contributed by atoms with E-state index >= 15 is 0 Å². The molecular weight excluding hydrogens is 329 g/mol. The van der Waals surface area contributed by atoms with Crippen molar-refractivity contribution in [3.8, 4) is 0 Å². The zero-order valence-corrected chi connectivity index (χ0v) is 13.0. The van der Waals surface area contributed by atoms with Gasteiger partial charge in [-0.1, -0.05) is 19.1 Å². The lowest BCUT2D eigenvalue weighted by atomic mass is 10.1. The molecule has 1 rings (SSSR count). The molecule has 0 heterocycles. The molecule has 0 aliphatic rings. The molecule has 0 amide bonds. The fourth-order valence-corrected chi connectivity index (χ4v) is 2.64. The maximum atomic E-state index is 3.61. The van der Waals surface area contributed by atoms with Crippen LogP contribution in [-0.4, -0.2) is 24.6 Å². The minimum atomic E-state index is 0.606. The van der Waals surface area contributed by atoms with Crippen molar-refractivity contribution in [1.82, 2.24) is 5.32 Å². The summed E-state index contributed by atoms with van der Waals surface area (Å²) < 4.78 is 1.31. The van der Waals surface area contributed by atoms with Gasteiger partial charge in [0.05, 0.1) is 0 Å². The summed E-state index contributed by atoms with van der Waals surface area (Å²) in [5.74, 6) is 1.19. The maximum absolute atomic E-state index is 3.61. The standard InChI is InChI=1S/C13H20INS/c1-3-8-15-13(10-16-2)9-11-4-6-12(14)7-5-11/h4-7,13,15H,3,8-10H2,1-2H3. The van der Waals surface area contributed by atoms with E-state index < -0.39 is 0 Å². The molecule has 3 heteroatoms. The first-order chi connectivity index (χ1) is 7.76. The Bertz CT molecular complexity index is 286. The first-order valence-electron chi connectivity index (χ1n) is 5.73. The van der Waals surface area contributed by atoms with Crippen molar-refractivity contribution in [2.24, 2.45) is 0 Å². The highest BCUT2D eigenvalue weighted by Crippen LogP contribution is 2.10. The molecule has 1 unspecified atom stereocenters. The van der Waals surface area contributed by atoms with Crippen LogP contribution in [0, 0.1) is 3.57 Å². The number of hydrogen-bond donors (Lipinski definition) is 1. The molecule has 1 nitrogen and oxygen atoms in total. The van der Waals surface area contributed by atoms with Crippen LogP contribution in [0.4, 0.5) is 0 Å². The van der Waals surface area contributed by atoms with Crippen LogP contribution in [0.3, 0.4) is 0 Å². The maximum Gasteiger partial charge on any atom is 0.0198 e. The summed E-state index contributed by atoms with van der Waals surface area (Å²) >= 11 is 4.27. The normalized spacial score (nSPS) is 12.7. The van der Waals surface area contributed by atoms with Gasteiger partial charge < -0.3 is 5.32 Å². The van der Waals surface area contributed by atoms with Crippen LogP contribution in [0.5, 0.6) is 0 Å². The lowest BCUT2D eigenvalue weighted by molar-refractivity contribution is 0.550. The minimum absolute atomic E-state index is 0.606. The van der Waals surface area contributed by atoms with Crippen LogP contribution < -0.4 is 5.32 Å². The summed E-state index contributed by atoms with van der Waals surface area (Å²) in [5, 5.41) is 3.61. The molecule has 1 aromatic rings. The molecule has 16 heavy (non-hydrogen) atoms. The predicted molar refractivity (Wildman–Crippen MR) is 83.3 cm³/mol. The second-order valence-electron chi connectivity index (χ2n) is 3.94. The van der Waals surface area contributed by atoms with Gasteiger partial charge in [0.15, 0.2) is 0 Å². The molecule has 1 aromatic carbocycles. The third-order valence-corrected chi connectivity index (χ3v) is 3.90. The van der Waals surface area contributed by atoms with Crippen molar-refractivity contribution in [2.45, 2.75) is 25.8 Å². The third-order valence-electron chi connectivity index (χ3n) is 2.45. The predicted octanol–water partition coefficient (Wildman–Crippen LogP) is 3.56. The second kappa shape index (κ2) is 8.37. The van der Waals surface area contributed by atoms with Gasteiger partial charge in [0, 0.05) is 15.4 Å². The van der Waals surface area contributed by atoms with E-state index in [0.717, 1.165) is 13.0 Å². The van der Waals surface area contributed by atoms with Crippen molar-refractivity contribution >= 4 is 34.4 Å². The van der Waals surface area contributed by atoms with Gasteiger partial charge in [0.2, 0.25) is 0 Å². The summed E-state index contributed by atoms with van der Waals surface area (Å²) in [7, 11) is 0. The monoisotopic (exact) mass is 349 g/mol. The van der Waals surface area contributed by atoms with Gasteiger partial charge in [-0.2, -0.15) is 11.8 Å². The van der Waals surface area contributed by atoms with E-state index in [9.17, 15) is 0 Å². The van der Waals surface area contributed by atoms with Crippen molar-refractivity contribution < 1.29 is 0 Å². The van der Waals surface area contributed by atoms with Gasteiger partial charge in [-0.05, 0) is 65.9 Å². The van der Waals surface area contributed by atoms with Gasteiger partial charge in [-0.25, -0.2) is 0 Å². The van der Waals surface area contributed by atoms with Gasteiger partial charge in [0.1, 0.15) is 0 Å². The van der Waals surface area contributed by atoms with Crippen molar-refractivity contribution in [3.63, 3.8) is 0 Å². The molecule has 0 fully saturated rings. The zero-order valence-electron chi connectivity index (χ0n) is 10.0. The van der Waals surface area contributed by atoms with E-state index in [0.29, 0.717) is 6.04 Å². The highest BCUT2D eigenvalue weighted by Gasteiger charge is 2.07. The third kappa shape index (κ3) is 5.55. The smallest absolute Gasteiger partial charge is 0.0198 e. The lowest BCUT2D eigenvalue weighted by Crippen LogP contribution is -2.33. The number of thioether (sulfide) groups is 1. The molecule has 0 aliphatic carbocycles. The lowest BCUT2D eigenvalue weighted by Gasteiger charge is -2.17. The van der Waals surface area contributed by atoms with Crippen LogP contribution in [-0.2, 0) is 6.42 Å². The summed E-state index contributed by atoms with van der Waals surface area (Å²) in [6.45, 7) is 3.34. The topological polar surface area (TPSA) is 12.0 Å². The van der Waals surface area contributed by atoms with Gasteiger partial charge >= 0.3 is 0 Å². The summed E-state index contributed by atoms with van der Waals surface area (Å²) in [4.78, 5) is 0. The molecule has 1 atom stereocenters. The number of nitrogens with one attached hydrogen (secondary N) is 1. The zero-order chi connectivity index (χ0) is 11.8. The number of rotatable bonds is 7. The Morgan fingerprint density at radius 3 is 2.56 bits per heavy atom. The first-order valence-corrected chi connectivity index (χ1v) is 8.20. The molecule has 90 valence electrons. The summed E-state index contributed by atoms with van der Waals surface area (Å²) in [6.07, 6.45) is 4.52. The fraction of sp³-hybridized carbons (Fsp3) is 0.538. The Labute approximate surface area is 117 Å². The second-order valence-corrected chi connectivity index (χ2v) is 6.09. The quantitative estimate of drug-likeness (QED) is 0.756. The molecule has 0 bridgehead atoms. The Hall–Kier alpha value is 0.260. The molecule has 0 radical (unpaired) electrons. The molecule has 0 saturated heterocycles. The van der Waals surface area contributed by atoms with Crippen molar-refractivity contribution in [1.29, 1.82) is 0 Å². The molecule has 1 N–H and O–H groups in total. The average molecular weight is 349 g/mol. The van der Waals surface area contributed by atoms with Crippen molar-refractivity contribution in [3.05, 3.63) is 33.4 Å². The van der Waals surface area contributed by atoms with Crippen molar-refractivity contribution in [2.75, 3.05) is 18.6 Å². The summed E-state index contributed by atoms with van der Waals surface area (Å²) in [6, 6.07) is 9.46. The van der Waals surface area contributed by atoms with Gasteiger partial charge in [-0.3, -0.25) is 0 Å². The van der Waals surface area contributed by atoms with Crippen LogP contribution in [0.2, 0.25) is 0 Å². The van der Waals surface area contributed by atoms with E-state index in [1.807, 2.05) is 11.8 Å². The fourth-order valence-electron chi connectivity index (χ4n) is 1.64. The molecule has 0 aromatic heterocycles. The van der Waals surface area contributed by atoms with Crippen LogP contribution in [0.25, 0.3) is 0 Å². The van der Waals surface area contributed by atoms with Crippen LogP contribution >= 0.6 is 34.4 Å². The van der Waals surface area contributed by atoms with Crippen LogP contribution in [0.15, 0.2) is 24.3 Å². The Morgan fingerprint density at radius 1 is 1.31 bits per heavy atom. The van der Waals surface area contributed by atoms with Gasteiger partial charge in [0.25, 0.3) is 0 Å². The van der Waals surface area contributed by atoms with Gasteiger partial charge in [-0.15, -0.1) is 0 Å². The molecule has 0 spiro atoms.